The van der Waals surface area contributed by atoms with Gasteiger partial charge in [0.1, 0.15) is 5.76 Å². The zero-order valence-electron chi connectivity index (χ0n) is 9.82. The highest BCUT2D eigenvalue weighted by Gasteiger charge is 2.07. The van der Waals surface area contributed by atoms with Crippen molar-refractivity contribution in [1.29, 1.82) is 0 Å². The van der Waals surface area contributed by atoms with Crippen LogP contribution in [0.25, 0.3) is 0 Å². The van der Waals surface area contributed by atoms with Gasteiger partial charge in [0.25, 0.3) is 0 Å². The first-order valence-corrected chi connectivity index (χ1v) is 6.89. The SMILES string of the molecule is CSCC(C)NC(C)CCc1ccco1. The zero-order chi connectivity index (χ0) is 11.1. The predicted molar refractivity (Wildman–Crippen MR) is 67.5 cm³/mol. The van der Waals surface area contributed by atoms with Crippen molar-refractivity contribution in [2.45, 2.75) is 38.8 Å². The van der Waals surface area contributed by atoms with Gasteiger partial charge in [-0.05, 0) is 38.7 Å². The lowest BCUT2D eigenvalue weighted by atomic mass is 10.1. The Bertz CT molecular complexity index is 248. The van der Waals surface area contributed by atoms with Gasteiger partial charge in [-0.2, -0.15) is 11.8 Å². The molecule has 0 aliphatic heterocycles. The molecule has 0 spiro atoms. The fourth-order valence-electron chi connectivity index (χ4n) is 1.68. The average Bonchev–Trinajstić information content (AvgIpc) is 2.67. The summed E-state index contributed by atoms with van der Waals surface area (Å²) in [5.74, 6) is 2.26. The van der Waals surface area contributed by atoms with Crippen LogP contribution in [0.4, 0.5) is 0 Å². The van der Waals surface area contributed by atoms with Gasteiger partial charge in [0.15, 0.2) is 0 Å². The summed E-state index contributed by atoms with van der Waals surface area (Å²) < 4.78 is 5.30. The van der Waals surface area contributed by atoms with E-state index in [0.29, 0.717) is 12.1 Å². The third kappa shape index (κ3) is 5.28. The molecule has 86 valence electrons. The number of rotatable bonds is 7. The Balaban J connectivity index is 2.15. The summed E-state index contributed by atoms with van der Waals surface area (Å²) >= 11 is 1.89. The fourth-order valence-corrected chi connectivity index (χ4v) is 2.28. The highest BCUT2D eigenvalue weighted by molar-refractivity contribution is 7.98. The molecule has 0 aromatic carbocycles. The molecule has 0 fully saturated rings. The zero-order valence-corrected chi connectivity index (χ0v) is 10.6. The standard InChI is InChI=1S/C12H21NOS/c1-10(13-11(2)9-15-3)6-7-12-5-4-8-14-12/h4-5,8,10-11,13H,6-7,9H2,1-3H3. The highest BCUT2D eigenvalue weighted by atomic mass is 32.2. The summed E-state index contributed by atoms with van der Waals surface area (Å²) in [4.78, 5) is 0. The van der Waals surface area contributed by atoms with Crippen LogP contribution in [0.3, 0.4) is 0 Å². The topological polar surface area (TPSA) is 25.2 Å². The lowest BCUT2D eigenvalue weighted by molar-refractivity contribution is 0.439. The van der Waals surface area contributed by atoms with Crippen molar-refractivity contribution in [3.05, 3.63) is 24.2 Å². The van der Waals surface area contributed by atoms with Gasteiger partial charge in [-0.3, -0.25) is 0 Å². The molecular weight excluding hydrogens is 206 g/mol. The molecule has 2 atom stereocenters. The molecule has 2 unspecified atom stereocenters. The van der Waals surface area contributed by atoms with Gasteiger partial charge in [-0.15, -0.1) is 0 Å². The molecule has 0 bridgehead atoms. The molecule has 1 aromatic rings. The molecule has 1 aromatic heterocycles. The van der Waals surface area contributed by atoms with Gasteiger partial charge in [0.05, 0.1) is 6.26 Å². The van der Waals surface area contributed by atoms with Crippen LogP contribution in [0, 0.1) is 0 Å². The van der Waals surface area contributed by atoms with Crippen LogP contribution in [0.15, 0.2) is 22.8 Å². The van der Waals surface area contributed by atoms with E-state index in [9.17, 15) is 0 Å². The molecule has 3 heteroatoms. The minimum absolute atomic E-state index is 0.553. The second kappa shape index (κ2) is 6.96. The third-order valence-corrected chi connectivity index (χ3v) is 3.22. The van der Waals surface area contributed by atoms with Crippen LogP contribution >= 0.6 is 11.8 Å². The second-order valence-electron chi connectivity index (χ2n) is 4.04. The summed E-state index contributed by atoms with van der Waals surface area (Å²) in [6, 6.07) is 5.13. The molecule has 2 nitrogen and oxygen atoms in total. The van der Waals surface area contributed by atoms with E-state index in [1.54, 1.807) is 6.26 Å². The van der Waals surface area contributed by atoms with E-state index in [2.05, 4.69) is 25.4 Å². The van der Waals surface area contributed by atoms with Crippen molar-refractivity contribution in [3.63, 3.8) is 0 Å². The van der Waals surface area contributed by atoms with E-state index in [-0.39, 0.29) is 0 Å². The first-order valence-electron chi connectivity index (χ1n) is 5.49. The Labute approximate surface area is 96.8 Å². The first kappa shape index (κ1) is 12.7. The quantitative estimate of drug-likeness (QED) is 0.775. The smallest absolute Gasteiger partial charge is 0.103 e. The summed E-state index contributed by atoms with van der Waals surface area (Å²) in [5, 5.41) is 3.58. The van der Waals surface area contributed by atoms with Crippen LogP contribution in [0.2, 0.25) is 0 Å². The normalized spacial score (nSPS) is 15.1. The van der Waals surface area contributed by atoms with Crippen molar-refractivity contribution in [2.24, 2.45) is 0 Å². The molecule has 1 heterocycles. The van der Waals surface area contributed by atoms with Crippen LogP contribution in [-0.4, -0.2) is 24.1 Å². The van der Waals surface area contributed by atoms with Gasteiger partial charge in [0.2, 0.25) is 0 Å². The van der Waals surface area contributed by atoms with E-state index in [4.69, 9.17) is 4.42 Å². The minimum atomic E-state index is 0.553. The Morgan fingerprint density at radius 2 is 2.20 bits per heavy atom. The van der Waals surface area contributed by atoms with Crippen molar-refractivity contribution in [3.8, 4) is 0 Å². The van der Waals surface area contributed by atoms with E-state index >= 15 is 0 Å². The van der Waals surface area contributed by atoms with Crippen LogP contribution in [0.5, 0.6) is 0 Å². The van der Waals surface area contributed by atoms with Gasteiger partial charge in [0, 0.05) is 24.3 Å². The average molecular weight is 227 g/mol. The summed E-state index contributed by atoms with van der Waals surface area (Å²) in [7, 11) is 0. The summed E-state index contributed by atoms with van der Waals surface area (Å²) in [6.45, 7) is 4.47. The van der Waals surface area contributed by atoms with E-state index < -0.39 is 0 Å². The number of hydrogen-bond acceptors (Lipinski definition) is 3. The van der Waals surface area contributed by atoms with E-state index in [1.165, 1.54) is 5.75 Å². The largest absolute Gasteiger partial charge is 0.469 e. The number of hydrogen-bond donors (Lipinski definition) is 1. The number of aryl methyl sites for hydroxylation is 1. The number of furan rings is 1. The Morgan fingerprint density at radius 3 is 2.80 bits per heavy atom. The van der Waals surface area contributed by atoms with Crippen molar-refractivity contribution in [2.75, 3.05) is 12.0 Å². The Hall–Kier alpha value is -0.410. The summed E-state index contributed by atoms with van der Waals surface area (Å²) in [5.41, 5.74) is 0. The van der Waals surface area contributed by atoms with Gasteiger partial charge in [-0.25, -0.2) is 0 Å². The van der Waals surface area contributed by atoms with E-state index in [0.717, 1.165) is 18.6 Å². The number of nitrogens with one attached hydrogen (secondary N) is 1. The lowest BCUT2D eigenvalue weighted by Crippen LogP contribution is -2.36. The predicted octanol–water partition coefficient (Wildman–Crippen LogP) is 2.94. The minimum Gasteiger partial charge on any atom is -0.469 e. The molecule has 1 N–H and O–H groups in total. The molecule has 0 radical (unpaired) electrons. The summed E-state index contributed by atoms with van der Waals surface area (Å²) in [6.07, 6.45) is 6.04. The van der Waals surface area contributed by atoms with Crippen LogP contribution < -0.4 is 5.32 Å². The van der Waals surface area contributed by atoms with Crippen molar-refractivity contribution in [1.82, 2.24) is 5.32 Å². The van der Waals surface area contributed by atoms with Gasteiger partial charge in [-0.1, -0.05) is 0 Å². The maximum Gasteiger partial charge on any atom is 0.103 e. The Morgan fingerprint density at radius 1 is 1.40 bits per heavy atom. The van der Waals surface area contributed by atoms with Crippen LogP contribution in [-0.2, 0) is 6.42 Å². The molecule has 1 rings (SSSR count). The van der Waals surface area contributed by atoms with Crippen LogP contribution in [0.1, 0.15) is 26.0 Å². The van der Waals surface area contributed by atoms with Gasteiger partial charge < -0.3 is 9.73 Å². The first-order chi connectivity index (χ1) is 7.22. The lowest BCUT2D eigenvalue weighted by Gasteiger charge is -2.18. The molecule has 0 saturated heterocycles. The second-order valence-corrected chi connectivity index (χ2v) is 4.95. The highest BCUT2D eigenvalue weighted by Crippen LogP contribution is 2.06. The fraction of sp³-hybridized carbons (Fsp3) is 0.667. The van der Waals surface area contributed by atoms with Gasteiger partial charge >= 0.3 is 0 Å². The molecule has 0 aliphatic carbocycles. The van der Waals surface area contributed by atoms with E-state index in [1.807, 2.05) is 23.9 Å². The van der Waals surface area contributed by atoms with Crippen molar-refractivity contribution >= 4 is 11.8 Å². The molecule has 0 amide bonds. The molecule has 15 heavy (non-hydrogen) atoms. The monoisotopic (exact) mass is 227 g/mol. The molecular formula is C12H21NOS. The maximum absolute atomic E-state index is 5.30. The molecule has 0 aliphatic rings. The molecule has 0 saturated carbocycles. The number of thioether (sulfide) groups is 1. The van der Waals surface area contributed by atoms with Crippen molar-refractivity contribution < 1.29 is 4.42 Å². The third-order valence-electron chi connectivity index (χ3n) is 2.39. The maximum atomic E-state index is 5.30. The Kier molecular flexibility index (Phi) is 5.88.